The first-order valence-corrected chi connectivity index (χ1v) is 6.03. The summed E-state index contributed by atoms with van der Waals surface area (Å²) in [5.41, 5.74) is 9.76. The average Bonchev–Trinajstić information content (AvgIpc) is 2.53. The molecule has 0 nitrogen and oxygen atoms in total. The van der Waals surface area contributed by atoms with Crippen LogP contribution in [-0.4, -0.2) is 0 Å². The van der Waals surface area contributed by atoms with Gasteiger partial charge in [0.05, 0.1) is 0 Å². The summed E-state index contributed by atoms with van der Waals surface area (Å²) in [5, 5.41) is 0. The Balaban J connectivity index is 2.01. The lowest BCUT2D eigenvalue weighted by Gasteiger charge is -2.17. The highest BCUT2D eigenvalue weighted by Gasteiger charge is 2.25. The minimum atomic E-state index is 1.21. The second kappa shape index (κ2) is 3.23. The molecule has 0 aromatic carbocycles. The van der Waals surface area contributed by atoms with Gasteiger partial charge in [-0.2, -0.15) is 0 Å². The topological polar surface area (TPSA) is 0 Å². The maximum absolute atomic E-state index is 2.43. The van der Waals surface area contributed by atoms with Gasteiger partial charge in [-0.25, -0.2) is 0 Å². The van der Waals surface area contributed by atoms with Gasteiger partial charge >= 0.3 is 0 Å². The van der Waals surface area contributed by atoms with E-state index >= 15 is 0 Å². The minimum Gasteiger partial charge on any atom is -0.0727 e. The number of allylic oxidation sites excluding steroid dienone is 8. The number of hydrogen-bond acceptors (Lipinski definition) is 0. The third-order valence-corrected chi connectivity index (χ3v) is 3.90. The van der Waals surface area contributed by atoms with Gasteiger partial charge in [0.15, 0.2) is 0 Å². The van der Waals surface area contributed by atoms with Crippen molar-refractivity contribution in [2.45, 2.75) is 46.0 Å². The maximum Gasteiger partial charge on any atom is -0.00201 e. The van der Waals surface area contributed by atoms with Crippen LogP contribution in [0.1, 0.15) is 46.0 Å². The van der Waals surface area contributed by atoms with Crippen LogP contribution in [0.4, 0.5) is 0 Å². The first kappa shape index (κ1) is 9.21. The smallest absolute Gasteiger partial charge is 0.00201 e. The Bertz CT molecular complexity index is 397. The van der Waals surface area contributed by atoms with E-state index in [-0.39, 0.29) is 0 Å². The summed E-state index contributed by atoms with van der Waals surface area (Å²) in [5.74, 6) is 0. The molecule has 0 unspecified atom stereocenters. The lowest BCUT2D eigenvalue weighted by molar-refractivity contribution is 0.851. The van der Waals surface area contributed by atoms with Crippen LogP contribution in [0.3, 0.4) is 0 Å². The third kappa shape index (κ3) is 1.43. The number of rotatable bonds is 0. The zero-order valence-corrected chi connectivity index (χ0v) is 9.69. The van der Waals surface area contributed by atoms with E-state index in [1.54, 1.807) is 33.4 Å². The molecule has 78 valence electrons. The van der Waals surface area contributed by atoms with Crippen molar-refractivity contribution in [3.63, 3.8) is 0 Å². The van der Waals surface area contributed by atoms with Gasteiger partial charge in [0.1, 0.15) is 0 Å². The fraction of sp³-hybridized carbons (Fsp3) is 0.467. The summed E-state index contributed by atoms with van der Waals surface area (Å²) >= 11 is 0. The highest BCUT2D eigenvalue weighted by molar-refractivity contribution is 5.58. The van der Waals surface area contributed by atoms with E-state index in [1.165, 1.54) is 32.1 Å². The second-order valence-electron chi connectivity index (χ2n) is 5.17. The largest absolute Gasteiger partial charge is 0.0727 e. The van der Waals surface area contributed by atoms with Crippen LogP contribution in [0.2, 0.25) is 0 Å². The Kier molecular flexibility index (Phi) is 1.98. The lowest BCUT2D eigenvalue weighted by atomic mass is 9.88. The van der Waals surface area contributed by atoms with Crippen LogP contribution in [-0.2, 0) is 0 Å². The van der Waals surface area contributed by atoms with Crippen molar-refractivity contribution >= 4 is 0 Å². The summed E-state index contributed by atoms with van der Waals surface area (Å²) in [6, 6.07) is 0. The van der Waals surface area contributed by atoms with E-state index in [4.69, 9.17) is 0 Å². The Morgan fingerprint density at radius 1 is 0.733 bits per heavy atom. The van der Waals surface area contributed by atoms with Crippen LogP contribution in [0, 0.1) is 0 Å². The summed E-state index contributed by atoms with van der Waals surface area (Å²) in [6.07, 6.45) is 11.2. The molecule has 0 heteroatoms. The predicted molar refractivity (Wildman–Crippen MR) is 64.7 cm³/mol. The monoisotopic (exact) mass is 198 g/mol. The van der Waals surface area contributed by atoms with Crippen LogP contribution in [0.5, 0.6) is 0 Å². The van der Waals surface area contributed by atoms with Crippen molar-refractivity contribution in [3.05, 3.63) is 45.6 Å². The van der Waals surface area contributed by atoms with Gasteiger partial charge in [-0.15, -0.1) is 0 Å². The van der Waals surface area contributed by atoms with Gasteiger partial charge in [0, 0.05) is 0 Å². The molecule has 0 spiro atoms. The molecule has 0 aliphatic heterocycles. The van der Waals surface area contributed by atoms with Crippen LogP contribution in [0.25, 0.3) is 0 Å². The van der Waals surface area contributed by atoms with E-state index in [0.29, 0.717) is 0 Å². The first-order valence-electron chi connectivity index (χ1n) is 6.03. The van der Waals surface area contributed by atoms with Gasteiger partial charge in [-0.05, 0) is 68.2 Å². The fourth-order valence-corrected chi connectivity index (χ4v) is 3.09. The molecule has 0 fully saturated rings. The van der Waals surface area contributed by atoms with Crippen molar-refractivity contribution in [1.29, 1.82) is 0 Å². The summed E-state index contributed by atoms with van der Waals surface area (Å²) < 4.78 is 0. The summed E-state index contributed by atoms with van der Waals surface area (Å²) in [6.45, 7) is 4.53. The Labute approximate surface area is 92.1 Å². The molecular formula is C15H18. The molecule has 0 amide bonds. The minimum absolute atomic E-state index is 1.21. The molecule has 0 bridgehead atoms. The molecule has 3 aliphatic carbocycles. The number of hydrogen-bond donors (Lipinski definition) is 0. The van der Waals surface area contributed by atoms with Gasteiger partial charge < -0.3 is 0 Å². The van der Waals surface area contributed by atoms with Crippen molar-refractivity contribution in [2.75, 3.05) is 0 Å². The van der Waals surface area contributed by atoms with E-state index in [9.17, 15) is 0 Å². The molecule has 0 saturated carbocycles. The Morgan fingerprint density at radius 2 is 1.20 bits per heavy atom. The van der Waals surface area contributed by atoms with Gasteiger partial charge in [0.25, 0.3) is 0 Å². The molecule has 3 rings (SSSR count). The normalized spacial score (nSPS) is 24.9. The van der Waals surface area contributed by atoms with Crippen LogP contribution in [0.15, 0.2) is 45.6 Å². The average molecular weight is 198 g/mol. The maximum atomic E-state index is 2.43. The fourth-order valence-electron chi connectivity index (χ4n) is 3.09. The van der Waals surface area contributed by atoms with Crippen LogP contribution >= 0.6 is 0 Å². The van der Waals surface area contributed by atoms with Crippen LogP contribution < -0.4 is 0 Å². The summed E-state index contributed by atoms with van der Waals surface area (Å²) in [4.78, 5) is 0. The predicted octanol–water partition coefficient (Wildman–Crippen LogP) is 4.46. The van der Waals surface area contributed by atoms with E-state index in [1.807, 2.05) is 0 Å². The van der Waals surface area contributed by atoms with E-state index in [0.717, 1.165) is 0 Å². The van der Waals surface area contributed by atoms with Crippen molar-refractivity contribution in [2.24, 2.45) is 0 Å². The van der Waals surface area contributed by atoms with Crippen molar-refractivity contribution in [3.8, 4) is 0 Å². The third-order valence-electron chi connectivity index (χ3n) is 3.90. The molecule has 0 radical (unpaired) electrons. The second-order valence-corrected chi connectivity index (χ2v) is 5.17. The molecule has 0 aromatic rings. The van der Waals surface area contributed by atoms with E-state index < -0.39 is 0 Å². The van der Waals surface area contributed by atoms with Gasteiger partial charge in [-0.1, -0.05) is 23.3 Å². The standard InChI is InChI=1S/C15H18/c1-10-3-5-14-12(7-10)9-13-8-11(2)4-6-15(13)14/h7-8H,3-6,9H2,1-2H3. The molecule has 0 heterocycles. The molecule has 3 aliphatic rings. The quantitative estimate of drug-likeness (QED) is 0.539. The zero-order chi connectivity index (χ0) is 10.4. The highest BCUT2D eigenvalue weighted by Crippen LogP contribution is 2.44. The molecular weight excluding hydrogens is 180 g/mol. The van der Waals surface area contributed by atoms with E-state index in [2.05, 4.69) is 26.0 Å². The van der Waals surface area contributed by atoms with Gasteiger partial charge in [-0.3, -0.25) is 0 Å². The van der Waals surface area contributed by atoms with Crippen molar-refractivity contribution < 1.29 is 0 Å². The highest BCUT2D eigenvalue weighted by atomic mass is 14.3. The SMILES string of the molecule is CC1=CC2=C(CC1)C1=C(C=C(C)CC1)C2. The zero-order valence-electron chi connectivity index (χ0n) is 9.69. The van der Waals surface area contributed by atoms with Gasteiger partial charge in [0.2, 0.25) is 0 Å². The lowest BCUT2D eigenvalue weighted by Crippen LogP contribution is -1.98. The summed E-state index contributed by atoms with van der Waals surface area (Å²) in [7, 11) is 0. The van der Waals surface area contributed by atoms with Crippen molar-refractivity contribution in [1.82, 2.24) is 0 Å². The first-order chi connectivity index (χ1) is 7.24. The molecule has 0 atom stereocenters. The number of fused-ring (bicyclic) bond motifs is 1. The molecule has 0 N–H and O–H groups in total. The molecule has 15 heavy (non-hydrogen) atoms. The Hall–Kier alpha value is -1.04. The molecule has 0 aromatic heterocycles. The molecule has 0 saturated heterocycles. The Morgan fingerprint density at radius 3 is 1.67 bits per heavy atom.